The van der Waals surface area contributed by atoms with Gasteiger partial charge in [0.05, 0.1) is 7.11 Å². The lowest BCUT2D eigenvalue weighted by Gasteiger charge is -2.36. The quantitative estimate of drug-likeness (QED) is 0.228. The first-order chi connectivity index (χ1) is 19.0. The number of carbonyl (C=O) groups is 2. The number of esters is 1. The molecule has 0 saturated heterocycles. The second-order valence-electron chi connectivity index (χ2n) is 11.6. The van der Waals surface area contributed by atoms with Crippen LogP contribution in [0.4, 0.5) is 4.79 Å². The summed E-state index contributed by atoms with van der Waals surface area (Å²) in [6, 6.07) is 22.5. The van der Waals surface area contributed by atoms with Crippen molar-refractivity contribution in [2.45, 2.75) is 57.0 Å². The molecule has 0 aromatic heterocycles. The largest absolute Gasteiger partial charge is 0.544 e. The first-order valence-corrected chi connectivity index (χ1v) is 16.4. The fourth-order valence-electron chi connectivity index (χ4n) is 4.79. The molecule has 1 N–H and O–H groups in total. The Hall–Kier alpha value is -3.62. The van der Waals surface area contributed by atoms with Gasteiger partial charge in [0, 0.05) is 13.0 Å². The van der Waals surface area contributed by atoms with E-state index in [4.69, 9.17) is 18.6 Å². The lowest BCUT2D eigenvalue weighted by atomic mass is 9.98. The number of methoxy groups -OCH3 is 2. The van der Waals surface area contributed by atoms with Crippen LogP contribution >= 0.6 is 0 Å². The molecule has 3 aromatic carbocycles. The number of rotatable bonds is 9. The summed E-state index contributed by atoms with van der Waals surface area (Å²) < 4.78 is 22.7. The van der Waals surface area contributed by atoms with E-state index in [2.05, 4.69) is 63.4 Å². The van der Waals surface area contributed by atoms with E-state index in [1.807, 2.05) is 48.5 Å². The minimum absolute atomic E-state index is 0.0592. The van der Waals surface area contributed by atoms with Crippen LogP contribution in [0.15, 0.2) is 72.8 Å². The monoisotopic (exact) mass is 561 g/mol. The predicted octanol–water partition coefficient (Wildman–Crippen LogP) is 6.84. The third-order valence-corrected chi connectivity index (χ3v) is 12.4. The second kappa shape index (κ2) is 11.9. The van der Waals surface area contributed by atoms with Crippen LogP contribution in [-0.4, -0.2) is 47.2 Å². The number of nitrogens with one attached hydrogen (secondary N) is 1. The average Bonchev–Trinajstić information content (AvgIpc) is 3.25. The fraction of sp³-hybridized carbons (Fsp3) is 0.375. The van der Waals surface area contributed by atoms with Crippen LogP contribution in [0.1, 0.15) is 49.5 Å². The molecule has 0 aliphatic heterocycles. The van der Waals surface area contributed by atoms with Crippen LogP contribution in [0.5, 0.6) is 5.75 Å². The zero-order valence-electron chi connectivity index (χ0n) is 24.3. The molecule has 0 saturated carbocycles. The number of carbonyl (C=O) groups excluding carboxylic acids is 2. The Bertz CT molecular complexity index is 1300. The smallest absolute Gasteiger partial charge is 0.407 e. The van der Waals surface area contributed by atoms with Crippen LogP contribution < -0.4 is 9.74 Å². The SMILES string of the molecule is COC(=O)[C@H](NC(=O)OCC1c2ccccc2-c2ccccc21)[C@H](OC)c1ccc(O[Si](C)(C)C(C)(C)C)cc1. The molecule has 1 aliphatic rings. The van der Waals surface area contributed by atoms with Crippen molar-refractivity contribution < 1.29 is 28.2 Å². The maximum atomic E-state index is 13.0. The van der Waals surface area contributed by atoms with Crippen LogP contribution in [0.3, 0.4) is 0 Å². The van der Waals surface area contributed by atoms with Gasteiger partial charge in [-0.3, -0.25) is 0 Å². The van der Waals surface area contributed by atoms with Gasteiger partial charge in [-0.15, -0.1) is 0 Å². The molecule has 212 valence electrons. The molecule has 40 heavy (non-hydrogen) atoms. The highest BCUT2D eigenvalue weighted by molar-refractivity contribution is 6.74. The molecule has 1 aliphatic carbocycles. The van der Waals surface area contributed by atoms with E-state index in [9.17, 15) is 9.59 Å². The van der Waals surface area contributed by atoms with Gasteiger partial charge in [-0.2, -0.15) is 0 Å². The summed E-state index contributed by atoms with van der Waals surface area (Å²) in [6.07, 6.45) is -1.52. The molecular weight excluding hydrogens is 522 g/mol. The minimum atomic E-state index is -2.01. The average molecular weight is 562 g/mol. The maximum Gasteiger partial charge on any atom is 0.407 e. The van der Waals surface area contributed by atoms with Crippen LogP contribution in [-0.2, 0) is 19.0 Å². The van der Waals surface area contributed by atoms with Crippen molar-refractivity contribution >= 4 is 20.4 Å². The molecule has 8 heteroatoms. The van der Waals surface area contributed by atoms with Gasteiger partial charge in [-0.25, -0.2) is 9.59 Å². The van der Waals surface area contributed by atoms with Gasteiger partial charge < -0.3 is 24.0 Å². The molecule has 0 fully saturated rings. The summed E-state index contributed by atoms with van der Waals surface area (Å²) in [7, 11) is 0.752. The number of amides is 1. The van der Waals surface area contributed by atoms with Crippen molar-refractivity contribution in [1.29, 1.82) is 0 Å². The maximum absolute atomic E-state index is 13.0. The Kier molecular flexibility index (Phi) is 8.70. The van der Waals surface area contributed by atoms with Crippen LogP contribution in [0, 0.1) is 0 Å². The molecule has 0 heterocycles. The van der Waals surface area contributed by atoms with Gasteiger partial charge >= 0.3 is 12.1 Å². The lowest BCUT2D eigenvalue weighted by Crippen LogP contribution is -2.46. The van der Waals surface area contributed by atoms with E-state index >= 15 is 0 Å². The highest BCUT2D eigenvalue weighted by atomic mass is 28.4. The van der Waals surface area contributed by atoms with Crippen molar-refractivity contribution in [2.75, 3.05) is 20.8 Å². The summed E-state index contributed by atoms with van der Waals surface area (Å²) >= 11 is 0. The molecule has 7 nitrogen and oxygen atoms in total. The normalized spacial score (nSPS) is 14.5. The number of ether oxygens (including phenoxy) is 3. The van der Waals surface area contributed by atoms with Crippen molar-refractivity contribution in [3.8, 4) is 16.9 Å². The predicted molar refractivity (Wildman–Crippen MR) is 158 cm³/mol. The highest BCUT2D eigenvalue weighted by Crippen LogP contribution is 2.44. The molecule has 0 spiro atoms. The summed E-state index contributed by atoms with van der Waals surface area (Å²) in [5, 5.41) is 2.74. The molecule has 1 amide bonds. The van der Waals surface area contributed by atoms with Gasteiger partial charge in [-0.05, 0) is 58.1 Å². The second-order valence-corrected chi connectivity index (χ2v) is 16.3. The first-order valence-electron chi connectivity index (χ1n) is 13.5. The molecule has 3 aromatic rings. The number of hydrogen-bond donors (Lipinski definition) is 1. The Morgan fingerprint density at radius 3 is 1.93 bits per heavy atom. The summed E-state index contributed by atoms with van der Waals surface area (Å²) in [5.41, 5.74) is 5.19. The minimum Gasteiger partial charge on any atom is -0.544 e. The van der Waals surface area contributed by atoms with Crippen molar-refractivity contribution in [3.05, 3.63) is 89.5 Å². The van der Waals surface area contributed by atoms with E-state index in [0.717, 1.165) is 28.0 Å². The Morgan fingerprint density at radius 2 is 1.43 bits per heavy atom. The lowest BCUT2D eigenvalue weighted by molar-refractivity contribution is -0.147. The van der Waals surface area contributed by atoms with Crippen molar-refractivity contribution in [2.24, 2.45) is 0 Å². The van der Waals surface area contributed by atoms with Crippen molar-refractivity contribution in [1.82, 2.24) is 5.32 Å². The molecule has 0 radical (unpaired) electrons. The third kappa shape index (κ3) is 6.08. The van der Waals surface area contributed by atoms with Crippen LogP contribution in [0.2, 0.25) is 18.1 Å². The van der Waals surface area contributed by atoms with Gasteiger partial charge in [0.2, 0.25) is 8.32 Å². The summed E-state index contributed by atoms with van der Waals surface area (Å²) in [5.74, 6) is 0.0210. The number of fused-ring (bicyclic) bond motifs is 3. The standard InChI is InChI=1S/C32H39NO6Si/c1-32(2,3)40(6,7)39-22-18-16-21(17-19-22)29(36-4)28(30(34)37-5)33-31(35)38-20-27-25-14-10-8-12-23(25)24-13-9-11-15-26(24)27/h8-19,27-29H,20H2,1-7H3,(H,33,35)/t28-,29-/m1/s1. The van der Waals surface area contributed by atoms with E-state index in [1.165, 1.54) is 14.2 Å². The van der Waals surface area contributed by atoms with Gasteiger partial charge in [0.1, 0.15) is 18.5 Å². The molecule has 4 rings (SSSR count). The fourth-order valence-corrected chi connectivity index (χ4v) is 5.82. The number of hydrogen-bond acceptors (Lipinski definition) is 6. The Balaban J connectivity index is 1.47. The molecular formula is C32H39NO6Si. The molecule has 0 bridgehead atoms. The molecule has 0 unspecified atom stereocenters. The van der Waals surface area contributed by atoms with E-state index in [-0.39, 0.29) is 17.6 Å². The zero-order chi connectivity index (χ0) is 29.1. The van der Waals surface area contributed by atoms with Gasteiger partial charge in [0.15, 0.2) is 6.04 Å². The number of benzene rings is 3. The van der Waals surface area contributed by atoms with Crippen molar-refractivity contribution in [3.63, 3.8) is 0 Å². The van der Waals surface area contributed by atoms with Gasteiger partial charge in [-0.1, -0.05) is 81.4 Å². The molecule has 2 atom stereocenters. The Labute approximate surface area is 237 Å². The highest BCUT2D eigenvalue weighted by Gasteiger charge is 2.39. The summed E-state index contributed by atoms with van der Waals surface area (Å²) in [6.45, 7) is 11.1. The van der Waals surface area contributed by atoms with E-state index in [1.54, 1.807) is 0 Å². The topological polar surface area (TPSA) is 83.1 Å². The van der Waals surface area contributed by atoms with Crippen LogP contribution in [0.25, 0.3) is 11.1 Å². The van der Waals surface area contributed by atoms with Gasteiger partial charge in [0.25, 0.3) is 0 Å². The number of alkyl carbamates (subject to hydrolysis) is 1. The first kappa shape index (κ1) is 29.4. The Morgan fingerprint density at radius 1 is 0.875 bits per heavy atom. The zero-order valence-corrected chi connectivity index (χ0v) is 25.3. The van der Waals surface area contributed by atoms with E-state index in [0.29, 0.717) is 5.56 Å². The van der Waals surface area contributed by atoms with E-state index < -0.39 is 32.5 Å². The summed E-state index contributed by atoms with van der Waals surface area (Å²) in [4.78, 5) is 25.8. The third-order valence-electron chi connectivity index (χ3n) is 8.02.